The Labute approximate surface area is 74.2 Å². The topological polar surface area (TPSA) is 23.2 Å². The van der Waals surface area contributed by atoms with E-state index in [1.807, 2.05) is 23.8 Å². The highest BCUT2D eigenvalue weighted by Crippen LogP contribution is 2.43. The molecule has 1 aliphatic rings. The van der Waals surface area contributed by atoms with E-state index in [4.69, 9.17) is 5.11 Å². The Kier molecular flexibility index (Phi) is 3.04. The molecule has 0 aromatic carbocycles. The predicted molar refractivity (Wildman–Crippen MR) is 50.3 cm³/mol. The van der Waals surface area contributed by atoms with Gasteiger partial charge in [0.05, 0.1) is 12.5 Å². The summed E-state index contributed by atoms with van der Waals surface area (Å²) in [6.07, 6.45) is 5.09. The Morgan fingerprint density at radius 3 is 2.50 bits per heavy atom. The lowest BCUT2D eigenvalue weighted by atomic mass is 10.3. The smallest absolute Gasteiger partial charge is 0.166 e. The van der Waals surface area contributed by atoms with Crippen molar-refractivity contribution in [3.8, 4) is 0 Å². The van der Waals surface area contributed by atoms with Crippen molar-refractivity contribution in [2.45, 2.75) is 26.3 Å². The first-order valence-electron chi connectivity index (χ1n) is 4.58. The SMILES string of the molecule is C=[N+](/C=C\C)C1C(CO)[C@@H]1CC. The molecule has 1 N–H and O–H groups in total. The fourth-order valence-electron chi connectivity index (χ4n) is 2.00. The molecule has 0 radical (unpaired) electrons. The van der Waals surface area contributed by atoms with Gasteiger partial charge in [-0.3, -0.25) is 0 Å². The van der Waals surface area contributed by atoms with Gasteiger partial charge in [0.25, 0.3) is 0 Å². The fraction of sp³-hybridized carbons (Fsp3) is 0.700. The second kappa shape index (κ2) is 3.85. The van der Waals surface area contributed by atoms with E-state index in [1.54, 1.807) is 0 Å². The van der Waals surface area contributed by atoms with Gasteiger partial charge >= 0.3 is 0 Å². The van der Waals surface area contributed by atoms with E-state index in [-0.39, 0.29) is 0 Å². The van der Waals surface area contributed by atoms with Crippen molar-refractivity contribution in [2.24, 2.45) is 11.8 Å². The third-order valence-corrected chi connectivity index (χ3v) is 2.69. The van der Waals surface area contributed by atoms with Crippen molar-refractivity contribution < 1.29 is 9.68 Å². The zero-order valence-corrected chi connectivity index (χ0v) is 7.90. The summed E-state index contributed by atoms with van der Waals surface area (Å²) in [5.41, 5.74) is 0. The lowest BCUT2D eigenvalue weighted by molar-refractivity contribution is -0.470. The van der Waals surface area contributed by atoms with Gasteiger partial charge in [0.1, 0.15) is 6.72 Å². The van der Waals surface area contributed by atoms with Crippen molar-refractivity contribution in [3.05, 3.63) is 12.3 Å². The van der Waals surface area contributed by atoms with Gasteiger partial charge in [-0.1, -0.05) is 6.92 Å². The minimum atomic E-state index is 0.298. The van der Waals surface area contributed by atoms with E-state index in [0.29, 0.717) is 24.5 Å². The van der Waals surface area contributed by atoms with Crippen LogP contribution < -0.4 is 0 Å². The molecule has 1 rings (SSSR count). The van der Waals surface area contributed by atoms with Crippen LogP contribution in [0.3, 0.4) is 0 Å². The van der Waals surface area contributed by atoms with Gasteiger partial charge in [0, 0.05) is 5.92 Å². The first-order chi connectivity index (χ1) is 5.76. The zero-order valence-electron chi connectivity index (χ0n) is 7.90. The Balaban J connectivity index is 2.50. The molecular formula is C10H18NO+. The molecule has 1 fully saturated rings. The van der Waals surface area contributed by atoms with Crippen LogP contribution >= 0.6 is 0 Å². The first kappa shape index (κ1) is 9.46. The molecule has 2 nitrogen and oxygen atoms in total. The number of allylic oxidation sites excluding steroid dienone is 1. The van der Waals surface area contributed by atoms with Gasteiger partial charge in [-0.25, -0.2) is 4.58 Å². The molecule has 1 aliphatic carbocycles. The third-order valence-electron chi connectivity index (χ3n) is 2.69. The molecular weight excluding hydrogens is 150 g/mol. The number of hydrogen-bond acceptors (Lipinski definition) is 1. The van der Waals surface area contributed by atoms with Crippen molar-refractivity contribution in [2.75, 3.05) is 6.61 Å². The van der Waals surface area contributed by atoms with Crippen molar-refractivity contribution in [1.29, 1.82) is 0 Å². The maximum absolute atomic E-state index is 9.02. The number of aliphatic hydroxyl groups is 1. The Morgan fingerprint density at radius 2 is 2.17 bits per heavy atom. The van der Waals surface area contributed by atoms with Crippen LogP contribution in [0.1, 0.15) is 20.3 Å². The predicted octanol–water partition coefficient (Wildman–Crippen LogP) is 1.25. The summed E-state index contributed by atoms with van der Waals surface area (Å²) in [4.78, 5) is 0. The summed E-state index contributed by atoms with van der Waals surface area (Å²) in [7, 11) is 0. The van der Waals surface area contributed by atoms with Crippen LogP contribution in [-0.2, 0) is 0 Å². The highest BCUT2D eigenvalue weighted by atomic mass is 16.3. The lowest BCUT2D eigenvalue weighted by Crippen LogP contribution is -2.08. The molecule has 0 amide bonds. The van der Waals surface area contributed by atoms with Crippen molar-refractivity contribution >= 4 is 6.72 Å². The van der Waals surface area contributed by atoms with Crippen LogP contribution in [0, 0.1) is 11.8 Å². The van der Waals surface area contributed by atoms with E-state index < -0.39 is 0 Å². The molecule has 0 spiro atoms. The molecule has 0 aromatic rings. The van der Waals surface area contributed by atoms with E-state index >= 15 is 0 Å². The Bertz CT molecular complexity index is 188. The van der Waals surface area contributed by atoms with E-state index in [2.05, 4.69) is 13.6 Å². The van der Waals surface area contributed by atoms with E-state index in [0.717, 1.165) is 6.42 Å². The first-order valence-corrected chi connectivity index (χ1v) is 4.58. The number of rotatable bonds is 4. The minimum absolute atomic E-state index is 0.298. The van der Waals surface area contributed by atoms with Crippen molar-refractivity contribution in [3.63, 3.8) is 0 Å². The molecule has 0 saturated heterocycles. The van der Waals surface area contributed by atoms with Gasteiger partial charge in [0.15, 0.2) is 12.2 Å². The van der Waals surface area contributed by atoms with Gasteiger partial charge in [-0.2, -0.15) is 0 Å². The molecule has 0 aromatic heterocycles. The van der Waals surface area contributed by atoms with E-state index in [9.17, 15) is 0 Å². The summed E-state index contributed by atoms with van der Waals surface area (Å²) < 4.78 is 1.97. The van der Waals surface area contributed by atoms with Gasteiger partial charge < -0.3 is 5.11 Å². The number of hydrogen-bond donors (Lipinski definition) is 1. The summed E-state index contributed by atoms with van der Waals surface area (Å²) >= 11 is 0. The summed E-state index contributed by atoms with van der Waals surface area (Å²) in [5.74, 6) is 1.09. The number of aliphatic hydroxyl groups excluding tert-OH is 1. The molecule has 1 saturated carbocycles. The molecule has 0 bridgehead atoms. The normalized spacial score (nSPS) is 34.1. The standard InChI is InChI=1S/C10H18NO/c1-4-6-11(3)10-8(5-2)9(10)7-12/h4,6,8-10,12H,3,5,7H2,1-2H3/q+1/b6-4-/t8-,9?,10?/m0/s1. The maximum Gasteiger partial charge on any atom is 0.166 e. The summed E-state index contributed by atoms with van der Waals surface area (Å²) in [6.45, 7) is 8.37. The van der Waals surface area contributed by atoms with Crippen LogP contribution in [0.15, 0.2) is 12.3 Å². The molecule has 2 heteroatoms. The van der Waals surface area contributed by atoms with E-state index in [1.165, 1.54) is 0 Å². The van der Waals surface area contributed by atoms with Crippen LogP contribution in [0.5, 0.6) is 0 Å². The van der Waals surface area contributed by atoms with Crippen LogP contribution in [0.25, 0.3) is 0 Å². The van der Waals surface area contributed by atoms with Crippen molar-refractivity contribution in [1.82, 2.24) is 0 Å². The molecule has 0 heterocycles. The van der Waals surface area contributed by atoms with Crippen LogP contribution in [-0.4, -0.2) is 29.0 Å². The average molecular weight is 168 g/mol. The average Bonchev–Trinajstić information content (AvgIpc) is 2.77. The molecule has 2 unspecified atom stereocenters. The third kappa shape index (κ3) is 1.58. The fourth-order valence-corrected chi connectivity index (χ4v) is 2.00. The van der Waals surface area contributed by atoms with Gasteiger partial charge in [-0.15, -0.1) is 0 Å². The van der Waals surface area contributed by atoms with Gasteiger partial charge in [0.2, 0.25) is 0 Å². The largest absolute Gasteiger partial charge is 0.396 e. The number of nitrogens with zero attached hydrogens (tertiary/aromatic N) is 1. The second-order valence-electron chi connectivity index (χ2n) is 3.41. The van der Waals surface area contributed by atoms with Crippen LogP contribution in [0.2, 0.25) is 0 Å². The molecule has 0 aliphatic heterocycles. The minimum Gasteiger partial charge on any atom is -0.396 e. The quantitative estimate of drug-likeness (QED) is 0.495. The Hall–Kier alpha value is -0.630. The van der Waals surface area contributed by atoms with Crippen LogP contribution in [0.4, 0.5) is 0 Å². The highest BCUT2D eigenvalue weighted by molar-refractivity contribution is 5.18. The molecule has 3 atom stereocenters. The summed E-state index contributed by atoms with van der Waals surface area (Å²) in [5, 5.41) is 9.02. The lowest BCUT2D eigenvalue weighted by Gasteiger charge is -1.91. The zero-order chi connectivity index (χ0) is 9.14. The molecule has 68 valence electrons. The summed E-state index contributed by atoms with van der Waals surface area (Å²) in [6, 6.07) is 0.469. The maximum atomic E-state index is 9.02. The van der Waals surface area contributed by atoms with Gasteiger partial charge in [-0.05, 0) is 19.4 Å². The second-order valence-corrected chi connectivity index (χ2v) is 3.41. The monoisotopic (exact) mass is 168 g/mol. The molecule has 12 heavy (non-hydrogen) atoms. The highest BCUT2D eigenvalue weighted by Gasteiger charge is 2.55. The Morgan fingerprint density at radius 1 is 1.50 bits per heavy atom.